The molecule has 1 aromatic carbocycles. The fraction of sp³-hybridized carbons (Fsp3) is 0.300. The summed E-state index contributed by atoms with van der Waals surface area (Å²) in [6, 6.07) is 9.17. The van der Waals surface area contributed by atoms with Crippen LogP contribution in [0.4, 0.5) is 0 Å². The number of nitrogens with zero attached hydrogens (tertiary/aromatic N) is 1. The van der Waals surface area contributed by atoms with Crippen molar-refractivity contribution in [3.63, 3.8) is 0 Å². The summed E-state index contributed by atoms with van der Waals surface area (Å²) >= 11 is -1.30. The SMILES string of the molecule is CC#N.COS(=O)c1ccc(C)cc1. The number of rotatable bonds is 2. The van der Waals surface area contributed by atoms with Gasteiger partial charge in [-0.05, 0) is 19.1 Å². The molecule has 14 heavy (non-hydrogen) atoms. The van der Waals surface area contributed by atoms with Crippen LogP contribution in [-0.4, -0.2) is 11.3 Å². The molecule has 0 heterocycles. The van der Waals surface area contributed by atoms with Crippen LogP contribution in [0.3, 0.4) is 0 Å². The van der Waals surface area contributed by atoms with Crippen LogP contribution in [0.25, 0.3) is 0 Å². The second-order valence-corrected chi connectivity index (χ2v) is 3.71. The maximum atomic E-state index is 11.0. The van der Waals surface area contributed by atoms with E-state index in [2.05, 4.69) is 4.18 Å². The number of benzene rings is 1. The molecule has 1 unspecified atom stereocenters. The molecule has 0 N–H and O–H groups in total. The lowest BCUT2D eigenvalue weighted by Gasteiger charge is -1.97. The fourth-order valence-electron chi connectivity index (χ4n) is 0.746. The van der Waals surface area contributed by atoms with Crippen molar-refractivity contribution < 1.29 is 8.39 Å². The van der Waals surface area contributed by atoms with Gasteiger partial charge in [0, 0.05) is 6.92 Å². The Morgan fingerprint density at radius 1 is 1.36 bits per heavy atom. The van der Waals surface area contributed by atoms with Crippen molar-refractivity contribution in [1.29, 1.82) is 5.26 Å². The first kappa shape index (κ1) is 12.8. The standard InChI is InChI=1S/C8H10O2S.C2H3N/c1-7-3-5-8(6-4-7)11(9)10-2;1-2-3/h3-6H,1-2H3;1H3. The minimum absolute atomic E-state index is 0.707. The Morgan fingerprint density at radius 2 is 1.79 bits per heavy atom. The topological polar surface area (TPSA) is 50.1 Å². The lowest BCUT2D eigenvalue weighted by atomic mass is 10.2. The maximum absolute atomic E-state index is 11.0. The Balaban J connectivity index is 0.000000500. The molecule has 0 radical (unpaired) electrons. The molecule has 1 aromatic rings. The monoisotopic (exact) mass is 211 g/mol. The van der Waals surface area contributed by atoms with E-state index in [-0.39, 0.29) is 0 Å². The number of nitriles is 1. The van der Waals surface area contributed by atoms with Gasteiger partial charge in [0.2, 0.25) is 0 Å². The second kappa shape index (κ2) is 7.25. The van der Waals surface area contributed by atoms with E-state index in [1.807, 2.05) is 19.1 Å². The van der Waals surface area contributed by atoms with Crippen molar-refractivity contribution in [2.45, 2.75) is 18.7 Å². The molecular weight excluding hydrogens is 198 g/mol. The molecule has 76 valence electrons. The highest BCUT2D eigenvalue weighted by atomic mass is 32.2. The lowest BCUT2D eigenvalue weighted by Crippen LogP contribution is -1.92. The van der Waals surface area contributed by atoms with Crippen molar-refractivity contribution in [1.82, 2.24) is 0 Å². The third kappa shape index (κ3) is 4.75. The zero-order valence-corrected chi connectivity index (χ0v) is 9.30. The normalized spacial score (nSPS) is 10.7. The van der Waals surface area contributed by atoms with Crippen LogP contribution in [0.5, 0.6) is 0 Å². The molecule has 0 spiro atoms. The van der Waals surface area contributed by atoms with Gasteiger partial charge in [-0.3, -0.25) is 4.18 Å². The molecule has 0 bridgehead atoms. The summed E-state index contributed by atoms with van der Waals surface area (Å²) in [4.78, 5) is 0.707. The molecule has 0 amide bonds. The van der Waals surface area contributed by atoms with Gasteiger partial charge in [-0.15, -0.1) is 0 Å². The molecule has 0 aliphatic heterocycles. The molecule has 0 aliphatic carbocycles. The van der Waals surface area contributed by atoms with E-state index in [0.717, 1.165) is 5.56 Å². The van der Waals surface area contributed by atoms with Crippen molar-refractivity contribution >= 4 is 11.1 Å². The van der Waals surface area contributed by atoms with Crippen molar-refractivity contribution in [3.8, 4) is 6.07 Å². The van der Waals surface area contributed by atoms with Crippen LogP contribution >= 0.6 is 0 Å². The van der Waals surface area contributed by atoms with Crippen molar-refractivity contribution in [2.75, 3.05) is 7.11 Å². The Labute approximate surface area is 87.0 Å². The average Bonchev–Trinajstić information content (AvgIpc) is 2.19. The van der Waals surface area contributed by atoms with E-state index >= 15 is 0 Å². The number of hydrogen-bond donors (Lipinski definition) is 0. The van der Waals surface area contributed by atoms with Crippen molar-refractivity contribution in [3.05, 3.63) is 29.8 Å². The maximum Gasteiger partial charge on any atom is 0.188 e. The van der Waals surface area contributed by atoms with Gasteiger partial charge >= 0.3 is 0 Å². The average molecular weight is 211 g/mol. The largest absolute Gasteiger partial charge is 0.290 e. The van der Waals surface area contributed by atoms with Crippen LogP contribution in [0.2, 0.25) is 0 Å². The Hall–Kier alpha value is -1.18. The van der Waals surface area contributed by atoms with E-state index < -0.39 is 11.1 Å². The van der Waals surface area contributed by atoms with Crippen LogP contribution in [0.15, 0.2) is 29.2 Å². The van der Waals surface area contributed by atoms with E-state index in [9.17, 15) is 4.21 Å². The first-order valence-electron chi connectivity index (χ1n) is 3.99. The van der Waals surface area contributed by atoms with Gasteiger partial charge in [0.25, 0.3) is 0 Å². The van der Waals surface area contributed by atoms with Gasteiger partial charge in [0.15, 0.2) is 11.1 Å². The van der Waals surface area contributed by atoms with Gasteiger partial charge < -0.3 is 0 Å². The van der Waals surface area contributed by atoms with Gasteiger partial charge in [0.1, 0.15) is 0 Å². The molecule has 0 saturated carbocycles. The zero-order valence-electron chi connectivity index (χ0n) is 8.48. The summed E-state index contributed by atoms with van der Waals surface area (Å²) in [5, 5.41) is 7.32. The quantitative estimate of drug-likeness (QED) is 0.753. The van der Waals surface area contributed by atoms with E-state index in [4.69, 9.17) is 5.26 Å². The predicted octanol–water partition coefficient (Wildman–Crippen LogP) is 2.19. The minimum atomic E-state index is -1.30. The van der Waals surface area contributed by atoms with E-state index in [0.29, 0.717) is 4.90 Å². The van der Waals surface area contributed by atoms with Gasteiger partial charge in [0.05, 0.1) is 18.1 Å². The molecule has 3 nitrogen and oxygen atoms in total. The third-order valence-corrected chi connectivity index (χ3v) is 2.32. The first-order chi connectivity index (χ1) is 6.65. The summed E-state index contributed by atoms with van der Waals surface area (Å²) in [5.41, 5.74) is 1.15. The molecule has 0 aromatic heterocycles. The Bertz CT molecular complexity index is 327. The molecule has 0 aliphatic rings. The number of hydrogen-bond acceptors (Lipinski definition) is 3. The van der Waals surface area contributed by atoms with Crippen LogP contribution in [0, 0.1) is 18.3 Å². The Morgan fingerprint density at radius 3 is 2.14 bits per heavy atom. The van der Waals surface area contributed by atoms with E-state index in [1.54, 1.807) is 18.2 Å². The lowest BCUT2D eigenvalue weighted by molar-refractivity contribution is 0.445. The molecule has 1 rings (SSSR count). The Kier molecular flexibility index (Phi) is 6.63. The summed E-state index contributed by atoms with van der Waals surface area (Å²) < 4.78 is 15.7. The summed E-state index contributed by atoms with van der Waals surface area (Å²) in [7, 11) is 1.43. The van der Waals surface area contributed by atoms with Gasteiger partial charge in [-0.25, -0.2) is 4.21 Å². The number of aryl methyl sites for hydroxylation is 1. The second-order valence-electron chi connectivity index (χ2n) is 2.44. The van der Waals surface area contributed by atoms with Gasteiger partial charge in [-0.1, -0.05) is 17.7 Å². The van der Waals surface area contributed by atoms with Crippen molar-refractivity contribution in [2.24, 2.45) is 0 Å². The summed E-state index contributed by atoms with van der Waals surface area (Å²) in [6.45, 7) is 3.42. The third-order valence-electron chi connectivity index (χ3n) is 1.36. The predicted molar refractivity (Wildman–Crippen MR) is 55.9 cm³/mol. The molecular formula is C10H13NO2S. The minimum Gasteiger partial charge on any atom is -0.290 e. The van der Waals surface area contributed by atoms with Gasteiger partial charge in [-0.2, -0.15) is 5.26 Å². The molecule has 4 heteroatoms. The van der Waals surface area contributed by atoms with Crippen LogP contribution in [-0.2, 0) is 15.3 Å². The highest BCUT2D eigenvalue weighted by molar-refractivity contribution is 7.80. The highest BCUT2D eigenvalue weighted by Crippen LogP contribution is 2.07. The highest BCUT2D eigenvalue weighted by Gasteiger charge is 1.99. The van der Waals surface area contributed by atoms with E-state index in [1.165, 1.54) is 14.0 Å². The van der Waals surface area contributed by atoms with Crippen LogP contribution in [0.1, 0.15) is 12.5 Å². The summed E-state index contributed by atoms with van der Waals surface area (Å²) in [5.74, 6) is 0. The zero-order chi connectivity index (χ0) is 11.0. The molecule has 0 saturated heterocycles. The first-order valence-corrected chi connectivity index (χ1v) is 5.07. The molecule has 1 atom stereocenters. The molecule has 0 fully saturated rings. The smallest absolute Gasteiger partial charge is 0.188 e. The van der Waals surface area contributed by atoms with Crippen LogP contribution < -0.4 is 0 Å². The summed E-state index contributed by atoms with van der Waals surface area (Å²) in [6.07, 6.45) is 0. The fourth-order valence-corrected chi connectivity index (χ4v) is 1.30.